The number of primary amides is 1. The van der Waals surface area contributed by atoms with Crippen molar-refractivity contribution in [1.29, 1.82) is 0 Å². The van der Waals surface area contributed by atoms with E-state index in [-0.39, 0.29) is 5.56 Å². The number of nitrogens with one attached hydrogen (secondary N) is 3. The highest BCUT2D eigenvalue weighted by molar-refractivity contribution is 5.98. The molecule has 0 spiro atoms. The number of hydrogen-bond donors (Lipinski definition) is 4. The van der Waals surface area contributed by atoms with E-state index in [0.29, 0.717) is 11.8 Å². The van der Waals surface area contributed by atoms with Crippen LogP contribution < -0.4 is 16.4 Å². The van der Waals surface area contributed by atoms with Crippen LogP contribution in [-0.4, -0.2) is 20.9 Å². The Labute approximate surface area is 155 Å². The zero-order valence-corrected chi connectivity index (χ0v) is 14.7. The van der Waals surface area contributed by atoms with Crippen molar-refractivity contribution in [2.75, 3.05) is 10.6 Å². The van der Waals surface area contributed by atoms with Gasteiger partial charge in [-0.1, -0.05) is 12.1 Å². The molecule has 0 bridgehead atoms. The van der Waals surface area contributed by atoms with E-state index in [1.54, 1.807) is 0 Å². The van der Waals surface area contributed by atoms with E-state index in [9.17, 15) is 4.79 Å². The number of amides is 1. The van der Waals surface area contributed by atoms with Gasteiger partial charge in [-0.25, -0.2) is 4.98 Å². The van der Waals surface area contributed by atoms with E-state index >= 15 is 0 Å². The number of carbonyl (C=O) groups is 1. The Balaban J connectivity index is 1.66. The van der Waals surface area contributed by atoms with Gasteiger partial charge in [-0.2, -0.15) is 4.98 Å². The van der Waals surface area contributed by atoms with Crippen molar-refractivity contribution in [2.24, 2.45) is 5.73 Å². The van der Waals surface area contributed by atoms with E-state index in [1.165, 1.54) is 6.20 Å². The molecule has 0 saturated carbocycles. The summed E-state index contributed by atoms with van der Waals surface area (Å²) in [4.78, 5) is 23.5. The average Bonchev–Trinajstić information content (AvgIpc) is 3.09. The highest BCUT2D eigenvalue weighted by Crippen LogP contribution is 2.23. The zero-order chi connectivity index (χ0) is 18.8. The first-order valence-corrected chi connectivity index (χ1v) is 8.43. The molecule has 0 fully saturated rings. The van der Waals surface area contributed by atoms with Gasteiger partial charge in [-0.15, -0.1) is 0 Å². The van der Waals surface area contributed by atoms with E-state index in [0.717, 1.165) is 27.8 Å². The van der Waals surface area contributed by atoms with Crippen LogP contribution in [0.15, 0.2) is 60.9 Å². The number of nitrogens with two attached hydrogens (primary N) is 1. The molecule has 134 valence electrons. The first kappa shape index (κ1) is 16.6. The normalized spacial score (nSPS) is 10.7. The summed E-state index contributed by atoms with van der Waals surface area (Å²) in [6, 6.07) is 15.7. The number of fused-ring (bicyclic) bond motifs is 1. The minimum absolute atomic E-state index is 0.225. The number of hydrogen-bond acceptors (Lipinski definition) is 5. The fraction of sp³-hybridized carbons (Fsp3) is 0.0500. The third kappa shape index (κ3) is 3.57. The molecule has 4 rings (SSSR count). The van der Waals surface area contributed by atoms with Crippen molar-refractivity contribution in [1.82, 2.24) is 15.0 Å². The lowest BCUT2D eigenvalue weighted by Gasteiger charge is -2.12. The zero-order valence-electron chi connectivity index (χ0n) is 14.7. The number of anilines is 4. The van der Waals surface area contributed by atoms with Crippen molar-refractivity contribution in [3.8, 4) is 0 Å². The second kappa shape index (κ2) is 6.80. The predicted molar refractivity (Wildman–Crippen MR) is 107 cm³/mol. The van der Waals surface area contributed by atoms with Gasteiger partial charge in [0.05, 0.1) is 0 Å². The number of aryl methyl sites for hydroxylation is 1. The first-order chi connectivity index (χ1) is 13.1. The molecular formula is C20H18N6O. The van der Waals surface area contributed by atoms with Gasteiger partial charge >= 0.3 is 0 Å². The molecule has 0 radical (unpaired) electrons. The van der Waals surface area contributed by atoms with Crippen molar-refractivity contribution in [3.05, 3.63) is 72.1 Å². The molecule has 0 aliphatic carbocycles. The molecular weight excluding hydrogens is 340 g/mol. The second-order valence-electron chi connectivity index (χ2n) is 6.22. The topological polar surface area (TPSA) is 109 Å². The van der Waals surface area contributed by atoms with Crippen molar-refractivity contribution in [2.45, 2.75) is 6.92 Å². The smallest absolute Gasteiger partial charge is 0.254 e. The monoisotopic (exact) mass is 358 g/mol. The van der Waals surface area contributed by atoms with Gasteiger partial charge in [-0.3, -0.25) is 4.79 Å². The van der Waals surface area contributed by atoms with Crippen LogP contribution in [0.4, 0.5) is 23.1 Å². The molecule has 0 atom stereocenters. The summed E-state index contributed by atoms with van der Waals surface area (Å²) in [5.41, 5.74) is 9.49. The lowest BCUT2D eigenvalue weighted by atomic mass is 10.2. The molecule has 2 aromatic heterocycles. The van der Waals surface area contributed by atoms with Crippen molar-refractivity contribution < 1.29 is 4.79 Å². The van der Waals surface area contributed by atoms with Gasteiger partial charge in [0, 0.05) is 34.7 Å². The second-order valence-corrected chi connectivity index (χ2v) is 6.22. The largest absolute Gasteiger partial charge is 0.365 e. The maximum atomic E-state index is 11.7. The van der Waals surface area contributed by atoms with Crippen LogP contribution in [0.3, 0.4) is 0 Å². The summed E-state index contributed by atoms with van der Waals surface area (Å²) in [5, 5.41) is 7.39. The summed E-state index contributed by atoms with van der Waals surface area (Å²) in [7, 11) is 0. The minimum atomic E-state index is -0.592. The lowest BCUT2D eigenvalue weighted by molar-refractivity contribution is 0.100. The molecule has 4 aromatic rings. The fourth-order valence-corrected chi connectivity index (χ4v) is 2.84. The maximum absolute atomic E-state index is 11.7. The molecule has 0 saturated heterocycles. The summed E-state index contributed by atoms with van der Waals surface area (Å²) in [5.74, 6) is 0.129. The standard InChI is InChI=1S/C20H18N6O/c1-12-3-2-4-14(9-12)24-19-16(18(21)27)11-23-20(26-19)25-15-5-6-17-13(10-15)7-8-22-17/h2-11,22H,1H3,(H2,21,27)(H2,23,24,25,26). The Bertz CT molecular complexity index is 1130. The number of aromatic nitrogens is 3. The van der Waals surface area contributed by atoms with Gasteiger partial charge in [0.2, 0.25) is 5.95 Å². The fourth-order valence-electron chi connectivity index (χ4n) is 2.84. The van der Waals surface area contributed by atoms with Gasteiger partial charge in [0.25, 0.3) is 5.91 Å². The van der Waals surface area contributed by atoms with Crippen LogP contribution in [-0.2, 0) is 0 Å². The molecule has 2 heterocycles. The lowest BCUT2D eigenvalue weighted by Crippen LogP contribution is -2.15. The molecule has 1 amide bonds. The third-order valence-electron chi connectivity index (χ3n) is 4.14. The third-order valence-corrected chi connectivity index (χ3v) is 4.14. The van der Waals surface area contributed by atoms with Gasteiger partial charge in [-0.05, 0) is 48.9 Å². The first-order valence-electron chi connectivity index (χ1n) is 8.43. The number of nitrogens with zero attached hydrogens (tertiary/aromatic N) is 2. The van der Waals surface area contributed by atoms with Crippen LogP contribution in [0.25, 0.3) is 10.9 Å². The molecule has 5 N–H and O–H groups in total. The Morgan fingerprint density at radius 2 is 1.93 bits per heavy atom. The molecule has 0 unspecified atom stereocenters. The Morgan fingerprint density at radius 1 is 1.07 bits per heavy atom. The maximum Gasteiger partial charge on any atom is 0.254 e. The highest BCUT2D eigenvalue weighted by Gasteiger charge is 2.13. The van der Waals surface area contributed by atoms with Crippen LogP contribution in [0.2, 0.25) is 0 Å². The van der Waals surface area contributed by atoms with E-state index in [2.05, 4.69) is 25.6 Å². The number of carbonyl (C=O) groups excluding carboxylic acids is 1. The van der Waals surface area contributed by atoms with Crippen LogP contribution in [0.1, 0.15) is 15.9 Å². The SMILES string of the molecule is Cc1cccc(Nc2nc(Nc3ccc4[nH]ccc4c3)ncc2C(N)=O)c1. The number of benzene rings is 2. The van der Waals surface area contributed by atoms with E-state index < -0.39 is 5.91 Å². The van der Waals surface area contributed by atoms with Crippen LogP contribution >= 0.6 is 0 Å². The molecule has 0 aliphatic rings. The van der Waals surface area contributed by atoms with E-state index in [1.807, 2.05) is 61.7 Å². The summed E-state index contributed by atoms with van der Waals surface area (Å²) in [6.45, 7) is 1.99. The summed E-state index contributed by atoms with van der Waals surface area (Å²) >= 11 is 0. The highest BCUT2D eigenvalue weighted by atomic mass is 16.1. The summed E-state index contributed by atoms with van der Waals surface area (Å²) < 4.78 is 0. The van der Waals surface area contributed by atoms with Crippen LogP contribution in [0.5, 0.6) is 0 Å². The Kier molecular flexibility index (Phi) is 4.18. The molecule has 2 aromatic carbocycles. The van der Waals surface area contributed by atoms with Gasteiger partial charge < -0.3 is 21.4 Å². The Morgan fingerprint density at radius 3 is 2.74 bits per heavy atom. The van der Waals surface area contributed by atoms with Gasteiger partial charge in [0.15, 0.2) is 0 Å². The van der Waals surface area contributed by atoms with Crippen molar-refractivity contribution in [3.63, 3.8) is 0 Å². The number of aromatic amines is 1. The molecule has 0 aliphatic heterocycles. The quantitative estimate of drug-likeness (QED) is 0.433. The van der Waals surface area contributed by atoms with Crippen molar-refractivity contribution >= 4 is 40.0 Å². The minimum Gasteiger partial charge on any atom is -0.365 e. The molecule has 7 heteroatoms. The Hall–Kier alpha value is -3.87. The number of H-pyrrole nitrogens is 1. The predicted octanol–water partition coefficient (Wildman–Crippen LogP) is 3.85. The van der Waals surface area contributed by atoms with Crippen LogP contribution in [0, 0.1) is 6.92 Å². The average molecular weight is 358 g/mol. The van der Waals surface area contributed by atoms with Gasteiger partial charge in [0.1, 0.15) is 11.4 Å². The molecule has 27 heavy (non-hydrogen) atoms. The molecule has 7 nitrogen and oxygen atoms in total. The van der Waals surface area contributed by atoms with E-state index in [4.69, 9.17) is 5.73 Å². The number of rotatable bonds is 5. The summed E-state index contributed by atoms with van der Waals surface area (Å²) in [6.07, 6.45) is 3.31.